The maximum absolute atomic E-state index is 13.0. The number of ether oxygens (including phenoxy) is 1. The molecule has 0 aliphatic heterocycles. The van der Waals surface area contributed by atoms with E-state index in [9.17, 15) is 18.0 Å². The van der Waals surface area contributed by atoms with Crippen LogP contribution in [-0.4, -0.2) is 23.2 Å². The van der Waals surface area contributed by atoms with E-state index in [2.05, 4.69) is 15.6 Å². The van der Waals surface area contributed by atoms with Crippen LogP contribution in [0.2, 0.25) is 0 Å². The lowest BCUT2D eigenvalue weighted by molar-refractivity contribution is -0.136. The Balaban J connectivity index is 1.49. The van der Waals surface area contributed by atoms with E-state index >= 15 is 0 Å². The lowest BCUT2D eigenvalue weighted by Gasteiger charge is -2.29. The fraction of sp³-hybridized carbons (Fsp3) is 0.368. The second-order valence-corrected chi connectivity index (χ2v) is 6.40. The second-order valence-electron chi connectivity index (χ2n) is 6.40. The lowest BCUT2D eigenvalue weighted by atomic mass is 9.93. The highest BCUT2D eigenvalue weighted by atomic mass is 19.4. The Morgan fingerprint density at radius 3 is 2.41 bits per heavy atom. The molecule has 0 bridgehead atoms. The van der Waals surface area contributed by atoms with Crippen LogP contribution in [0.1, 0.15) is 31.2 Å². The molecule has 0 unspecified atom stereocenters. The molecule has 1 saturated carbocycles. The van der Waals surface area contributed by atoms with Crippen LogP contribution in [0.15, 0.2) is 48.7 Å². The molecule has 0 spiro atoms. The SMILES string of the molecule is O=C(Nc1ccccc1C(F)(F)F)NC1CCC(Oc2ccccn2)CC1. The number of benzene rings is 1. The summed E-state index contributed by atoms with van der Waals surface area (Å²) in [7, 11) is 0. The van der Waals surface area contributed by atoms with Crippen LogP contribution in [0.3, 0.4) is 0 Å². The van der Waals surface area contributed by atoms with Crippen molar-refractivity contribution in [3.05, 3.63) is 54.2 Å². The highest BCUT2D eigenvalue weighted by Gasteiger charge is 2.33. The van der Waals surface area contributed by atoms with E-state index in [4.69, 9.17) is 4.74 Å². The third kappa shape index (κ3) is 5.35. The van der Waals surface area contributed by atoms with Gasteiger partial charge in [-0.2, -0.15) is 13.2 Å². The quantitative estimate of drug-likeness (QED) is 0.815. The van der Waals surface area contributed by atoms with Crippen molar-refractivity contribution in [3.63, 3.8) is 0 Å². The molecule has 2 aromatic rings. The second kappa shape index (κ2) is 8.28. The van der Waals surface area contributed by atoms with Crippen LogP contribution in [0.5, 0.6) is 5.88 Å². The van der Waals surface area contributed by atoms with Gasteiger partial charge in [-0.15, -0.1) is 0 Å². The van der Waals surface area contributed by atoms with Gasteiger partial charge in [-0.25, -0.2) is 9.78 Å². The molecule has 2 amide bonds. The van der Waals surface area contributed by atoms with Gasteiger partial charge in [0.25, 0.3) is 0 Å². The van der Waals surface area contributed by atoms with Gasteiger partial charge in [-0.1, -0.05) is 18.2 Å². The van der Waals surface area contributed by atoms with Gasteiger partial charge in [0.2, 0.25) is 5.88 Å². The first-order valence-electron chi connectivity index (χ1n) is 8.73. The van der Waals surface area contributed by atoms with Gasteiger partial charge in [0.05, 0.1) is 11.3 Å². The summed E-state index contributed by atoms with van der Waals surface area (Å²) < 4.78 is 44.8. The van der Waals surface area contributed by atoms with Crippen molar-refractivity contribution in [2.24, 2.45) is 0 Å². The number of para-hydroxylation sites is 1. The van der Waals surface area contributed by atoms with Crippen molar-refractivity contribution >= 4 is 11.7 Å². The number of nitrogens with zero attached hydrogens (tertiary/aromatic N) is 1. The summed E-state index contributed by atoms with van der Waals surface area (Å²) in [5, 5.41) is 5.05. The highest BCUT2D eigenvalue weighted by molar-refractivity contribution is 5.90. The van der Waals surface area contributed by atoms with Gasteiger partial charge in [0.1, 0.15) is 6.10 Å². The minimum atomic E-state index is -4.52. The summed E-state index contributed by atoms with van der Waals surface area (Å²) in [6.45, 7) is 0. The average Bonchev–Trinajstić information content (AvgIpc) is 2.64. The fourth-order valence-corrected chi connectivity index (χ4v) is 3.10. The molecule has 27 heavy (non-hydrogen) atoms. The van der Waals surface area contributed by atoms with E-state index in [-0.39, 0.29) is 17.8 Å². The van der Waals surface area contributed by atoms with Gasteiger partial charge < -0.3 is 15.4 Å². The number of anilines is 1. The standard InChI is InChI=1S/C19H20F3N3O2/c20-19(21,22)15-5-1-2-6-16(15)25-18(26)24-13-8-10-14(11-9-13)27-17-7-3-4-12-23-17/h1-7,12-14H,8-11H2,(H2,24,25,26). The molecular weight excluding hydrogens is 359 g/mol. The summed E-state index contributed by atoms with van der Waals surface area (Å²) in [6.07, 6.45) is 0.00187. The molecule has 144 valence electrons. The monoisotopic (exact) mass is 379 g/mol. The average molecular weight is 379 g/mol. The van der Waals surface area contributed by atoms with Crippen LogP contribution in [0.4, 0.5) is 23.7 Å². The molecule has 1 aromatic carbocycles. The van der Waals surface area contributed by atoms with Crippen molar-refractivity contribution in [2.45, 2.75) is 44.0 Å². The number of hydrogen-bond acceptors (Lipinski definition) is 3. The topological polar surface area (TPSA) is 63.2 Å². The fourth-order valence-electron chi connectivity index (χ4n) is 3.10. The van der Waals surface area contributed by atoms with Gasteiger partial charge in [-0.05, 0) is 43.9 Å². The van der Waals surface area contributed by atoms with E-state index in [1.165, 1.54) is 18.2 Å². The number of halogens is 3. The Morgan fingerprint density at radius 2 is 1.74 bits per heavy atom. The molecule has 1 aliphatic carbocycles. The Labute approximate surface area is 154 Å². The summed E-state index contributed by atoms with van der Waals surface area (Å²) in [6, 6.07) is 9.61. The minimum absolute atomic E-state index is 0.0203. The molecule has 0 atom stereocenters. The molecule has 0 radical (unpaired) electrons. The molecule has 1 heterocycles. The molecule has 1 aliphatic rings. The number of nitrogens with one attached hydrogen (secondary N) is 2. The minimum Gasteiger partial charge on any atom is -0.474 e. The number of aromatic nitrogens is 1. The Morgan fingerprint density at radius 1 is 1.04 bits per heavy atom. The van der Waals surface area contributed by atoms with E-state index in [0.717, 1.165) is 18.9 Å². The molecule has 5 nitrogen and oxygen atoms in total. The van der Waals surface area contributed by atoms with Crippen LogP contribution >= 0.6 is 0 Å². The van der Waals surface area contributed by atoms with Crippen molar-refractivity contribution in [2.75, 3.05) is 5.32 Å². The van der Waals surface area contributed by atoms with E-state index in [1.807, 2.05) is 12.1 Å². The predicted octanol–water partition coefficient (Wildman–Crippen LogP) is 4.61. The smallest absolute Gasteiger partial charge is 0.418 e. The van der Waals surface area contributed by atoms with Crippen LogP contribution < -0.4 is 15.4 Å². The summed E-state index contributed by atoms with van der Waals surface area (Å²) in [5.74, 6) is 0.565. The van der Waals surface area contributed by atoms with Crippen molar-refractivity contribution in [3.8, 4) is 5.88 Å². The molecule has 1 fully saturated rings. The first-order valence-corrected chi connectivity index (χ1v) is 8.73. The summed E-state index contributed by atoms with van der Waals surface area (Å²) in [5.41, 5.74) is -1.12. The normalized spacial score (nSPS) is 20.0. The summed E-state index contributed by atoms with van der Waals surface area (Å²) >= 11 is 0. The maximum atomic E-state index is 13.0. The van der Waals surface area contributed by atoms with E-state index in [0.29, 0.717) is 18.7 Å². The molecular formula is C19H20F3N3O2. The predicted molar refractivity (Wildman–Crippen MR) is 94.5 cm³/mol. The molecule has 3 rings (SSSR count). The highest BCUT2D eigenvalue weighted by Crippen LogP contribution is 2.34. The van der Waals surface area contributed by atoms with E-state index < -0.39 is 17.8 Å². The third-order valence-corrected chi connectivity index (χ3v) is 4.42. The number of amides is 2. The van der Waals surface area contributed by atoms with Gasteiger partial charge in [-0.3, -0.25) is 0 Å². The zero-order valence-electron chi connectivity index (χ0n) is 14.5. The molecule has 2 N–H and O–H groups in total. The Hall–Kier alpha value is -2.77. The number of carbonyl (C=O) groups is 1. The third-order valence-electron chi connectivity index (χ3n) is 4.42. The van der Waals surface area contributed by atoms with Crippen molar-refractivity contribution < 1.29 is 22.7 Å². The number of alkyl halides is 3. The Kier molecular flexibility index (Phi) is 5.83. The maximum Gasteiger partial charge on any atom is 0.418 e. The Bertz CT molecular complexity index is 760. The van der Waals surface area contributed by atoms with Crippen LogP contribution in [0.25, 0.3) is 0 Å². The van der Waals surface area contributed by atoms with Crippen molar-refractivity contribution in [1.82, 2.24) is 10.3 Å². The number of carbonyl (C=O) groups excluding carboxylic acids is 1. The number of hydrogen-bond donors (Lipinski definition) is 2. The van der Waals surface area contributed by atoms with Gasteiger partial charge in [0, 0.05) is 18.3 Å². The summed E-state index contributed by atoms with van der Waals surface area (Å²) in [4.78, 5) is 16.2. The lowest BCUT2D eigenvalue weighted by Crippen LogP contribution is -2.42. The van der Waals surface area contributed by atoms with Gasteiger partial charge >= 0.3 is 12.2 Å². The van der Waals surface area contributed by atoms with E-state index in [1.54, 1.807) is 12.3 Å². The number of urea groups is 1. The first kappa shape index (κ1) is 19.0. The largest absolute Gasteiger partial charge is 0.474 e. The zero-order chi connectivity index (χ0) is 19.3. The first-order chi connectivity index (χ1) is 12.9. The molecule has 0 saturated heterocycles. The zero-order valence-corrected chi connectivity index (χ0v) is 14.5. The van der Waals surface area contributed by atoms with Gasteiger partial charge in [0.15, 0.2) is 0 Å². The van der Waals surface area contributed by atoms with Crippen LogP contribution in [-0.2, 0) is 6.18 Å². The molecule has 1 aromatic heterocycles. The number of rotatable bonds is 4. The molecule has 8 heteroatoms. The van der Waals surface area contributed by atoms with Crippen molar-refractivity contribution in [1.29, 1.82) is 0 Å². The van der Waals surface area contributed by atoms with Crippen LogP contribution in [0, 0.1) is 0 Å². The number of pyridine rings is 1.